The van der Waals surface area contributed by atoms with Crippen LogP contribution in [0.4, 0.5) is 4.79 Å². The summed E-state index contributed by atoms with van der Waals surface area (Å²) in [6, 6.07) is 9.72. The zero-order valence-electron chi connectivity index (χ0n) is 11.6. The molecule has 0 spiro atoms. The summed E-state index contributed by atoms with van der Waals surface area (Å²) < 4.78 is 5.22. The van der Waals surface area contributed by atoms with E-state index in [9.17, 15) is 4.79 Å². The number of nitrogens with zero attached hydrogens (tertiary/aromatic N) is 1. The van der Waals surface area contributed by atoms with Crippen LogP contribution >= 0.6 is 0 Å². The van der Waals surface area contributed by atoms with Gasteiger partial charge in [-0.05, 0) is 32.8 Å². The van der Waals surface area contributed by atoms with Crippen molar-refractivity contribution in [3.8, 4) is 0 Å². The molecule has 0 atom stereocenters. The van der Waals surface area contributed by atoms with Gasteiger partial charge in [-0.3, -0.25) is 5.41 Å². The molecule has 0 aliphatic rings. The zero-order chi connectivity index (χ0) is 14.5. The number of guanidine groups is 1. The highest BCUT2D eigenvalue weighted by Crippen LogP contribution is 2.10. The van der Waals surface area contributed by atoms with Crippen LogP contribution in [-0.4, -0.2) is 29.1 Å². The molecule has 0 saturated carbocycles. The molecule has 1 amide bonds. The van der Waals surface area contributed by atoms with Crippen LogP contribution in [0.15, 0.2) is 30.3 Å². The zero-order valence-corrected chi connectivity index (χ0v) is 11.6. The van der Waals surface area contributed by atoms with Gasteiger partial charge in [0.2, 0.25) is 0 Å². The van der Waals surface area contributed by atoms with Crippen LogP contribution in [0.1, 0.15) is 26.3 Å². The minimum atomic E-state index is -0.600. The van der Waals surface area contributed by atoms with Crippen molar-refractivity contribution < 1.29 is 9.53 Å². The van der Waals surface area contributed by atoms with E-state index >= 15 is 0 Å². The average molecular weight is 263 g/mol. The third-order valence-electron chi connectivity index (χ3n) is 2.37. The van der Waals surface area contributed by atoms with Crippen molar-refractivity contribution in [3.63, 3.8) is 0 Å². The third kappa shape index (κ3) is 5.42. The molecule has 5 heteroatoms. The molecule has 0 unspecified atom stereocenters. The maximum atomic E-state index is 11.9. The van der Waals surface area contributed by atoms with Crippen LogP contribution in [0, 0.1) is 5.41 Å². The lowest BCUT2D eigenvalue weighted by Crippen LogP contribution is -2.45. The lowest BCUT2D eigenvalue weighted by molar-refractivity contribution is 0.0368. The topological polar surface area (TPSA) is 79.4 Å². The molecule has 0 bridgehead atoms. The Balaban J connectivity index is 2.64. The Bertz CT molecular complexity index is 438. The fourth-order valence-electron chi connectivity index (χ4n) is 1.51. The molecule has 1 rings (SSSR count). The van der Waals surface area contributed by atoms with Crippen LogP contribution in [0.2, 0.25) is 0 Å². The van der Waals surface area contributed by atoms with Gasteiger partial charge in [-0.2, -0.15) is 0 Å². The molecular formula is C14H21N3O2. The highest BCUT2D eigenvalue weighted by atomic mass is 16.6. The second-order valence-corrected chi connectivity index (χ2v) is 5.25. The normalized spacial score (nSPS) is 10.9. The van der Waals surface area contributed by atoms with Crippen molar-refractivity contribution in [1.29, 1.82) is 5.41 Å². The highest BCUT2D eigenvalue weighted by molar-refractivity contribution is 5.91. The predicted molar refractivity (Wildman–Crippen MR) is 75.0 cm³/mol. The maximum absolute atomic E-state index is 11.9. The Morgan fingerprint density at radius 3 is 2.37 bits per heavy atom. The van der Waals surface area contributed by atoms with Gasteiger partial charge in [0.25, 0.3) is 0 Å². The Hall–Kier alpha value is -2.04. The molecule has 104 valence electrons. The quantitative estimate of drug-likeness (QED) is 0.649. The fraction of sp³-hybridized carbons (Fsp3) is 0.429. The fourth-order valence-corrected chi connectivity index (χ4v) is 1.51. The molecule has 0 fully saturated rings. The van der Waals surface area contributed by atoms with Gasteiger partial charge in [-0.15, -0.1) is 0 Å². The number of carbonyl (C=O) groups excluding carboxylic acids is 1. The number of benzene rings is 1. The van der Waals surface area contributed by atoms with Crippen molar-refractivity contribution in [3.05, 3.63) is 35.9 Å². The lowest BCUT2D eigenvalue weighted by atomic mass is 10.1. The first-order valence-corrected chi connectivity index (χ1v) is 6.18. The number of hydrogen-bond donors (Lipinski definition) is 2. The minimum absolute atomic E-state index is 0.301. The standard InChI is InChI=1S/C14H21N3O2/c1-14(2,3)19-13(18)17(12(15)16)10-9-11-7-5-4-6-8-11/h4-8H,9-10H2,1-3H3,(H3,15,16). The molecule has 19 heavy (non-hydrogen) atoms. The van der Waals surface area contributed by atoms with Crippen molar-refractivity contribution in [1.82, 2.24) is 4.90 Å². The molecule has 1 aromatic carbocycles. The Morgan fingerprint density at radius 1 is 1.32 bits per heavy atom. The summed E-state index contributed by atoms with van der Waals surface area (Å²) in [4.78, 5) is 13.0. The van der Waals surface area contributed by atoms with Crippen LogP contribution < -0.4 is 5.73 Å². The van der Waals surface area contributed by atoms with Crippen molar-refractivity contribution in [2.75, 3.05) is 6.54 Å². The van der Waals surface area contributed by atoms with Crippen LogP contribution in [0.5, 0.6) is 0 Å². The van der Waals surface area contributed by atoms with E-state index in [4.69, 9.17) is 15.9 Å². The summed E-state index contributed by atoms with van der Waals surface area (Å²) in [5.41, 5.74) is 5.91. The van der Waals surface area contributed by atoms with Crippen molar-refractivity contribution >= 4 is 12.1 Å². The summed E-state index contributed by atoms with van der Waals surface area (Å²) in [5.74, 6) is -0.301. The SMILES string of the molecule is CC(C)(C)OC(=O)N(CCc1ccccc1)C(=N)N. The summed E-state index contributed by atoms with van der Waals surface area (Å²) in [5, 5.41) is 7.46. The van der Waals surface area contributed by atoms with Crippen molar-refractivity contribution in [2.45, 2.75) is 32.8 Å². The number of nitrogens with two attached hydrogens (primary N) is 1. The third-order valence-corrected chi connectivity index (χ3v) is 2.37. The number of nitrogens with one attached hydrogen (secondary N) is 1. The van der Waals surface area contributed by atoms with Gasteiger partial charge in [0.05, 0.1) is 0 Å². The molecule has 0 aliphatic heterocycles. The van der Waals surface area contributed by atoms with Gasteiger partial charge in [-0.1, -0.05) is 30.3 Å². The van der Waals surface area contributed by atoms with E-state index < -0.39 is 11.7 Å². The molecule has 0 heterocycles. The van der Waals surface area contributed by atoms with Gasteiger partial charge < -0.3 is 10.5 Å². The second-order valence-electron chi connectivity index (χ2n) is 5.25. The summed E-state index contributed by atoms with van der Waals surface area (Å²) in [7, 11) is 0. The van der Waals surface area contributed by atoms with Crippen LogP contribution in [0.3, 0.4) is 0 Å². The largest absolute Gasteiger partial charge is 0.443 e. The first-order chi connectivity index (χ1) is 8.79. The monoisotopic (exact) mass is 263 g/mol. The van der Waals surface area contributed by atoms with Gasteiger partial charge in [0.15, 0.2) is 5.96 Å². The molecule has 0 aliphatic carbocycles. The van der Waals surface area contributed by atoms with E-state index in [1.807, 2.05) is 30.3 Å². The number of rotatable bonds is 3. The number of ether oxygens (including phenoxy) is 1. The minimum Gasteiger partial charge on any atom is -0.443 e. The van der Waals surface area contributed by atoms with E-state index in [1.165, 1.54) is 0 Å². The lowest BCUT2D eigenvalue weighted by Gasteiger charge is -2.26. The molecular weight excluding hydrogens is 242 g/mol. The van der Waals surface area contributed by atoms with E-state index in [0.717, 1.165) is 10.5 Å². The Kier molecular flexibility index (Phi) is 4.92. The van der Waals surface area contributed by atoms with E-state index in [2.05, 4.69) is 0 Å². The predicted octanol–water partition coefficient (Wildman–Crippen LogP) is 2.36. The summed E-state index contributed by atoms with van der Waals surface area (Å²) in [6.07, 6.45) is 0.0376. The highest BCUT2D eigenvalue weighted by Gasteiger charge is 2.23. The molecule has 1 aromatic rings. The summed E-state index contributed by atoms with van der Waals surface area (Å²) in [6.45, 7) is 5.66. The molecule has 0 aromatic heterocycles. The van der Waals surface area contributed by atoms with Gasteiger partial charge in [0, 0.05) is 6.54 Å². The van der Waals surface area contributed by atoms with E-state index in [1.54, 1.807) is 20.8 Å². The summed E-state index contributed by atoms with van der Waals surface area (Å²) >= 11 is 0. The number of amides is 1. The molecule has 3 N–H and O–H groups in total. The molecule has 5 nitrogen and oxygen atoms in total. The number of carbonyl (C=O) groups is 1. The Morgan fingerprint density at radius 2 is 1.89 bits per heavy atom. The first-order valence-electron chi connectivity index (χ1n) is 6.18. The Labute approximate surface area is 113 Å². The van der Waals surface area contributed by atoms with E-state index in [-0.39, 0.29) is 5.96 Å². The van der Waals surface area contributed by atoms with Crippen LogP contribution in [-0.2, 0) is 11.2 Å². The van der Waals surface area contributed by atoms with E-state index in [0.29, 0.717) is 13.0 Å². The second kappa shape index (κ2) is 6.22. The van der Waals surface area contributed by atoms with Crippen LogP contribution in [0.25, 0.3) is 0 Å². The maximum Gasteiger partial charge on any atom is 0.417 e. The smallest absolute Gasteiger partial charge is 0.417 e. The molecule has 0 radical (unpaired) electrons. The first kappa shape index (κ1) is 15.0. The van der Waals surface area contributed by atoms with Crippen molar-refractivity contribution in [2.24, 2.45) is 5.73 Å². The number of hydrogen-bond acceptors (Lipinski definition) is 3. The van der Waals surface area contributed by atoms with Gasteiger partial charge in [-0.25, -0.2) is 9.69 Å². The van der Waals surface area contributed by atoms with Gasteiger partial charge in [0.1, 0.15) is 5.60 Å². The average Bonchev–Trinajstić information content (AvgIpc) is 2.27. The molecule has 0 saturated heterocycles. The van der Waals surface area contributed by atoms with Gasteiger partial charge >= 0.3 is 6.09 Å².